The molecule has 3 unspecified atom stereocenters. The van der Waals surface area contributed by atoms with E-state index in [0.29, 0.717) is 12.1 Å². The normalized spacial score (nSPS) is 33.3. The van der Waals surface area contributed by atoms with Crippen LogP contribution in [0, 0.1) is 5.92 Å². The number of nitrogens with zero attached hydrogens (tertiary/aromatic N) is 1. The van der Waals surface area contributed by atoms with Crippen LogP contribution in [0.3, 0.4) is 0 Å². The predicted octanol–water partition coefficient (Wildman–Crippen LogP) is 1.50. The Morgan fingerprint density at radius 3 is 2.63 bits per heavy atom. The van der Waals surface area contributed by atoms with Gasteiger partial charge in [-0.05, 0) is 45.2 Å². The molecular formula is C15H30N2O2. The van der Waals surface area contributed by atoms with Crippen molar-refractivity contribution in [3.63, 3.8) is 0 Å². The molecule has 1 aliphatic carbocycles. The number of hydrogen-bond donors (Lipinski definition) is 1. The SMILES string of the molecule is CCOC1CC(NCCN2CCC(C)CC2)C1OC. The summed E-state index contributed by atoms with van der Waals surface area (Å²) in [6.45, 7) is 9.96. The maximum atomic E-state index is 5.64. The molecule has 0 aromatic rings. The van der Waals surface area contributed by atoms with Crippen molar-refractivity contribution in [3.05, 3.63) is 0 Å². The van der Waals surface area contributed by atoms with Crippen molar-refractivity contribution in [3.8, 4) is 0 Å². The molecule has 1 saturated carbocycles. The number of hydrogen-bond acceptors (Lipinski definition) is 4. The molecule has 1 heterocycles. The van der Waals surface area contributed by atoms with E-state index in [1.54, 1.807) is 7.11 Å². The Morgan fingerprint density at radius 2 is 2.00 bits per heavy atom. The molecule has 0 amide bonds. The Balaban J connectivity index is 1.59. The Hall–Kier alpha value is -0.160. The van der Waals surface area contributed by atoms with Crippen LogP contribution < -0.4 is 5.32 Å². The van der Waals surface area contributed by atoms with E-state index in [1.807, 2.05) is 6.92 Å². The van der Waals surface area contributed by atoms with Crippen molar-refractivity contribution < 1.29 is 9.47 Å². The van der Waals surface area contributed by atoms with Gasteiger partial charge >= 0.3 is 0 Å². The summed E-state index contributed by atoms with van der Waals surface area (Å²) >= 11 is 0. The molecule has 0 bridgehead atoms. The first-order valence-corrected chi connectivity index (χ1v) is 7.84. The van der Waals surface area contributed by atoms with Crippen LogP contribution in [0.2, 0.25) is 0 Å². The molecule has 112 valence electrons. The summed E-state index contributed by atoms with van der Waals surface area (Å²) in [6.07, 6.45) is 4.33. The molecule has 2 aliphatic rings. The lowest BCUT2D eigenvalue weighted by Crippen LogP contribution is -2.60. The van der Waals surface area contributed by atoms with Gasteiger partial charge in [0.1, 0.15) is 0 Å². The number of piperidine rings is 1. The maximum absolute atomic E-state index is 5.64. The number of ether oxygens (including phenoxy) is 2. The van der Waals surface area contributed by atoms with Crippen LogP contribution in [-0.2, 0) is 9.47 Å². The van der Waals surface area contributed by atoms with Crippen molar-refractivity contribution in [1.82, 2.24) is 10.2 Å². The second-order valence-corrected chi connectivity index (χ2v) is 6.01. The van der Waals surface area contributed by atoms with Gasteiger partial charge in [0, 0.05) is 32.8 Å². The third-order valence-corrected chi connectivity index (χ3v) is 4.61. The molecule has 0 spiro atoms. The minimum Gasteiger partial charge on any atom is -0.377 e. The van der Waals surface area contributed by atoms with E-state index < -0.39 is 0 Å². The lowest BCUT2D eigenvalue weighted by atomic mass is 9.85. The predicted molar refractivity (Wildman–Crippen MR) is 77.5 cm³/mol. The molecular weight excluding hydrogens is 240 g/mol. The van der Waals surface area contributed by atoms with Gasteiger partial charge in [-0.15, -0.1) is 0 Å². The third-order valence-electron chi connectivity index (χ3n) is 4.61. The molecule has 2 rings (SSSR count). The molecule has 1 saturated heterocycles. The zero-order valence-corrected chi connectivity index (χ0v) is 12.7. The number of rotatable bonds is 7. The van der Waals surface area contributed by atoms with Gasteiger partial charge in [-0.2, -0.15) is 0 Å². The quantitative estimate of drug-likeness (QED) is 0.760. The van der Waals surface area contributed by atoms with Crippen LogP contribution in [0.5, 0.6) is 0 Å². The van der Waals surface area contributed by atoms with Crippen molar-refractivity contribution in [2.75, 3.05) is 39.9 Å². The topological polar surface area (TPSA) is 33.7 Å². The van der Waals surface area contributed by atoms with Crippen LogP contribution in [0.1, 0.15) is 33.1 Å². The largest absolute Gasteiger partial charge is 0.377 e. The van der Waals surface area contributed by atoms with Gasteiger partial charge in [0.2, 0.25) is 0 Å². The Kier molecular flexibility index (Phi) is 6.07. The van der Waals surface area contributed by atoms with Crippen molar-refractivity contribution in [2.24, 2.45) is 5.92 Å². The minimum absolute atomic E-state index is 0.237. The van der Waals surface area contributed by atoms with E-state index in [4.69, 9.17) is 9.47 Å². The number of methoxy groups -OCH3 is 1. The molecule has 0 aromatic carbocycles. The van der Waals surface area contributed by atoms with E-state index in [-0.39, 0.29) is 6.10 Å². The fraction of sp³-hybridized carbons (Fsp3) is 1.00. The molecule has 2 fully saturated rings. The van der Waals surface area contributed by atoms with Gasteiger partial charge in [0.15, 0.2) is 0 Å². The summed E-state index contributed by atoms with van der Waals surface area (Å²) in [5.74, 6) is 0.917. The third kappa shape index (κ3) is 4.15. The average Bonchev–Trinajstić information content (AvgIpc) is 2.39. The fourth-order valence-corrected chi connectivity index (χ4v) is 3.17. The minimum atomic E-state index is 0.237. The van der Waals surface area contributed by atoms with Gasteiger partial charge in [-0.25, -0.2) is 0 Å². The first-order valence-electron chi connectivity index (χ1n) is 7.84. The highest BCUT2D eigenvalue weighted by Gasteiger charge is 2.41. The maximum Gasteiger partial charge on any atom is 0.0986 e. The summed E-state index contributed by atoms with van der Waals surface area (Å²) in [5.41, 5.74) is 0. The van der Waals surface area contributed by atoms with Crippen molar-refractivity contribution in [1.29, 1.82) is 0 Å². The summed E-state index contributed by atoms with van der Waals surface area (Å²) in [7, 11) is 1.79. The van der Waals surface area contributed by atoms with Crippen LogP contribution in [0.25, 0.3) is 0 Å². The molecule has 19 heavy (non-hydrogen) atoms. The Bertz CT molecular complexity index is 255. The lowest BCUT2D eigenvalue weighted by Gasteiger charge is -2.44. The first kappa shape index (κ1) is 15.2. The molecule has 1 aliphatic heterocycles. The smallest absolute Gasteiger partial charge is 0.0986 e. The lowest BCUT2D eigenvalue weighted by molar-refractivity contribution is -0.131. The van der Waals surface area contributed by atoms with Crippen LogP contribution >= 0.6 is 0 Å². The monoisotopic (exact) mass is 270 g/mol. The van der Waals surface area contributed by atoms with Gasteiger partial charge in [-0.3, -0.25) is 0 Å². The molecule has 0 aromatic heterocycles. The van der Waals surface area contributed by atoms with E-state index in [0.717, 1.165) is 25.5 Å². The van der Waals surface area contributed by atoms with Gasteiger partial charge in [0.25, 0.3) is 0 Å². The summed E-state index contributed by atoms with van der Waals surface area (Å²) in [6, 6.07) is 0.477. The standard InChI is InChI=1S/C15H30N2O2/c1-4-19-14-11-13(15(14)18-3)16-7-10-17-8-5-12(2)6-9-17/h12-16H,4-11H2,1-3H3. The van der Waals surface area contributed by atoms with Gasteiger partial charge in [-0.1, -0.05) is 6.92 Å². The molecule has 3 atom stereocenters. The first-order chi connectivity index (χ1) is 9.24. The zero-order chi connectivity index (χ0) is 13.7. The molecule has 4 heteroatoms. The van der Waals surface area contributed by atoms with E-state index in [1.165, 1.54) is 32.5 Å². The van der Waals surface area contributed by atoms with Crippen LogP contribution in [0.4, 0.5) is 0 Å². The average molecular weight is 270 g/mol. The van der Waals surface area contributed by atoms with Gasteiger partial charge in [0.05, 0.1) is 12.2 Å². The Morgan fingerprint density at radius 1 is 1.26 bits per heavy atom. The van der Waals surface area contributed by atoms with Crippen molar-refractivity contribution in [2.45, 2.75) is 51.4 Å². The molecule has 1 N–H and O–H groups in total. The van der Waals surface area contributed by atoms with Crippen LogP contribution in [0.15, 0.2) is 0 Å². The summed E-state index contributed by atoms with van der Waals surface area (Å²) < 4.78 is 11.2. The molecule has 0 radical (unpaired) electrons. The number of likely N-dealkylation sites (tertiary alicyclic amines) is 1. The highest BCUT2D eigenvalue weighted by molar-refractivity contribution is 4.97. The Labute approximate surface area is 117 Å². The van der Waals surface area contributed by atoms with Gasteiger partial charge < -0.3 is 19.7 Å². The van der Waals surface area contributed by atoms with E-state index >= 15 is 0 Å². The van der Waals surface area contributed by atoms with Crippen LogP contribution in [-0.4, -0.2) is 63.0 Å². The van der Waals surface area contributed by atoms with E-state index in [2.05, 4.69) is 17.1 Å². The van der Waals surface area contributed by atoms with E-state index in [9.17, 15) is 0 Å². The second kappa shape index (κ2) is 7.58. The highest BCUT2D eigenvalue weighted by atomic mass is 16.5. The summed E-state index contributed by atoms with van der Waals surface area (Å²) in [4.78, 5) is 2.58. The highest BCUT2D eigenvalue weighted by Crippen LogP contribution is 2.26. The van der Waals surface area contributed by atoms with Crippen molar-refractivity contribution >= 4 is 0 Å². The second-order valence-electron chi connectivity index (χ2n) is 6.01. The summed E-state index contributed by atoms with van der Waals surface area (Å²) in [5, 5.41) is 3.62. The zero-order valence-electron chi connectivity index (χ0n) is 12.7. The fourth-order valence-electron chi connectivity index (χ4n) is 3.17. The molecule has 4 nitrogen and oxygen atoms in total. The number of nitrogens with one attached hydrogen (secondary N) is 1.